The van der Waals surface area contributed by atoms with Crippen molar-refractivity contribution in [2.24, 2.45) is 0 Å². The van der Waals surface area contributed by atoms with Crippen molar-refractivity contribution in [3.63, 3.8) is 0 Å². The Morgan fingerprint density at radius 1 is 1.22 bits per heavy atom. The van der Waals surface area contributed by atoms with Crippen LogP contribution in [0.1, 0.15) is 4.88 Å². The van der Waals surface area contributed by atoms with Crippen LogP contribution in [0.4, 0.5) is 5.69 Å². The highest BCUT2D eigenvalue weighted by Crippen LogP contribution is 2.16. The molecule has 18 heavy (non-hydrogen) atoms. The molecule has 0 radical (unpaired) electrons. The third kappa shape index (κ3) is 2.43. The van der Waals surface area contributed by atoms with Crippen LogP contribution in [0.15, 0.2) is 60.5 Å². The first-order chi connectivity index (χ1) is 8.92. The van der Waals surface area contributed by atoms with Gasteiger partial charge >= 0.3 is 0 Å². The van der Waals surface area contributed by atoms with E-state index in [0.29, 0.717) is 0 Å². The molecule has 0 unspecified atom stereocenters. The molecule has 3 nitrogen and oxygen atoms in total. The summed E-state index contributed by atoms with van der Waals surface area (Å²) < 4.78 is 2.00. The van der Waals surface area contributed by atoms with Crippen LogP contribution in [-0.2, 0) is 6.54 Å². The number of anilines is 1. The van der Waals surface area contributed by atoms with Gasteiger partial charge in [-0.1, -0.05) is 12.1 Å². The maximum Gasteiger partial charge on any atom is 0.0991 e. The first-order valence-corrected chi connectivity index (χ1v) is 6.64. The van der Waals surface area contributed by atoms with Gasteiger partial charge in [0.2, 0.25) is 0 Å². The summed E-state index contributed by atoms with van der Waals surface area (Å²) >= 11 is 1.77. The van der Waals surface area contributed by atoms with E-state index in [1.54, 1.807) is 23.9 Å². The molecule has 0 atom stereocenters. The van der Waals surface area contributed by atoms with Crippen molar-refractivity contribution in [2.75, 3.05) is 5.32 Å². The second kappa shape index (κ2) is 5.06. The number of thiophene rings is 1. The van der Waals surface area contributed by atoms with Crippen LogP contribution in [0, 0.1) is 0 Å². The molecule has 2 heterocycles. The van der Waals surface area contributed by atoms with Gasteiger partial charge in [-0.05, 0) is 29.6 Å². The fourth-order valence-electron chi connectivity index (χ4n) is 1.79. The minimum atomic E-state index is 0.866. The third-order valence-corrected chi connectivity index (χ3v) is 3.57. The number of nitrogens with zero attached hydrogens (tertiary/aromatic N) is 2. The molecule has 0 amide bonds. The summed E-state index contributed by atoms with van der Waals surface area (Å²) in [4.78, 5) is 5.40. The molecule has 1 N–H and O–H groups in total. The normalized spacial score (nSPS) is 10.4. The quantitative estimate of drug-likeness (QED) is 0.772. The smallest absolute Gasteiger partial charge is 0.0991 e. The first-order valence-electron chi connectivity index (χ1n) is 5.76. The molecular formula is C14H13N3S. The number of hydrogen-bond acceptors (Lipinski definition) is 3. The van der Waals surface area contributed by atoms with Crippen molar-refractivity contribution in [1.29, 1.82) is 0 Å². The van der Waals surface area contributed by atoms with Crippen molar-refractivity contribution in [3.8, 4) is 5.69 Å². The van der Waals surface area contributed by atoms with Crippen molar-refractivity contribution in [3.05, 3.63) is 65.4 Å². The second-order valence-corrected chi connectivity index (χ2v) is 4.99. The number of aromatic nitrogens is 2. The van der Waals surface area contributed by atoms with E-state index in [-0.39, 0.29) is 0 Å². The molecule has 90 valence electrons. The van der Waals surface area contributed by atoms with E-state index < -0.39 is 0 Å². The monoisotopic (exact) mass is 255 g/mol. The summed E-state index contributed by atoms with van der Waals surface area (Å²) in [5.41, 5.74) is 2.23. The number of hydrogen-bond donors (Lipinski definition) is 1. The zero-order valence-corrected chi connectivity index (χ0v) is 10.6. The van der Waals surface area contributed by atoms with Crippen LogP contribution in [0.2, 0.25) is 0 Å². The number of rotatable bonds is 4. The molecule has 0 aliphatic carbocycles. The maximum absolute atomic E-state index is 4.06. The lowest BCUT2D eigenvalue weighted by Gasteiger charge is -2.07. The Hall–Kier alpha value is -2.07. The molecule has 0 aliphatic rings. The Labute approximate surface area is 110 Å². The van der Waals surface area contributed by atoms with E-state index in [4.69, 9.17) is 0 Å². The Kier molecular flexibility index (Phi) is 3.10. The van der Waals surface area contributed by atoms with Crippen LogP contribution in [0.25, 0.3) is 5.69 Å². The number of nitrogens with one attached hydrogen (secondary N) is 1. The first kappa shape index (κ1) is 11.0. The highest BCUT2D eigenvalue weighted by Gasteiger charge is 1.98. The molecular weight excluding hydrogens is 242 g/mol. The highest BCUT2D eigenvalue weighted by molar-refractivity contribution is 7.09. The van der Waals surface area contributed by atoms with Gasteiger partial charge in [-0.25, -0.2) is 4.98 Å². The van der Waals surface area contributed by atoms with Crippen LogP contribution in [0.5, 0.6) is 0 Å². The fourth-order valence-corrected chi connectivity index (χ4v) is 2.44. The lowest BCUT2D eigenvalue weighted by Crippen LogP contribution is -1.98. The average Bonchev–Trinajstić information content (AvgIpc) is 3.10. The van der Waals surface area contributed by atoms with Crippen molar-refractivity contribution in [1.82, 2.24) is 9.55 Å². The van der Waals surface area contributed by atoms with Crippen LogP contribution < -0.4 is 5.32 Å². The van der Waals surface area contributed by atoms with Gasteiger partial charge in [0.25, 0.3) is 0 Å². The molecule has 0 saturated carbocycles. The summed E-state index contributed by atoms with van der Waals surface area (Å²) in [5, 5.41) is 5.52. The van der Waals surface area contributed by atoms with E-state index in [0.717, 1.165) is 17.9 Å². The van der Waals surface area contributed by atoms with Gasteiger partial charge in [-0.3, -0.25) is 0 Å². The minimum Gasteiger partial charge on any atom is -0.380 e. The summed E-state index contributed by atoms with van der Waals surface area (Å²) in [7, 11) is 0. The molecule has 0 fully saturated rings. The third-order valence-electron chi connectivity index (χ3n) is 2.70. The Morgan fingerprint density at radius 3 is 3.00 bits per heavy atom. The number of imidazole rings is 1. The predicted molar refractivity (Wildman–Crippen MR) is 75.2 cm³/mol. The van der Waals surface area contributed by atoms with Gasteiger partial charge in [0.15, 0.2) is 0 Å². The maximum atomic E-state index is 4.06. The molecule has 4 heteroatoms. The predicted octanol–water partition coefficient (Wildman–Crippen LogP) is 3.55. The van der Waals surface area contributed by atoms with Gasteiger partial charge in [-0.15, -0.1) is 11.3 Å². The lowest BCUT2D eigenvalue weighted by molar-refractivity contribution is 1.05. The summed E-state index contributed by atoms with van der Waals surface area (Å²) in [5.74, 6) is 0. The van der Waals surface area contributed by atoms with Gasteiger partial charge in [0, 0.05) is 35.2 Å². The van der Waals surface area contributed by atoms with Gasteiger partial charge in [-0.2, -0.15) is 0 Å². The van der Waals surface area contributed by atoms with Crippen molar-refractivity contribution in [2.45, 2.75) is 6.54 Å². The topological polar surface area (TPSA) is 29.9 Å². The average molecular weight is 255 g/mol. The molecule has 1 aromatic carbocycles. The SMILES string of the molecule is c1cc(NCc2cccs2)cc(-n2ccnc2)c1. The Balaban J connectivity index is 1.75. The largest absolute Gasteiger partial charge is 0.380 e. The van der Waals surface area contributed by atoms with Crippen molar-refractivity contribution < 1.29 is 0 Å². The minimum absolute atomic E-state index is 0.866. The zero-order valence-electron chi connectivity index (χ0n) is 9.78. The molecule has 0 aliphatic heterocycles. The van der Waals surface area contributed by atoms with Crippen LogP contribution in [0.3, 0.4) is 0 Å². The van der Waals surface area contributed by atoms with Gasteiger partial charge < -0.3 is 9.88 Å². The van der Waals surface area contributed by atoms with Crippen LogP contribution in [-0.4, -0.2) is 9.55 Å². The molecule has 3 rings (SSSR count). The zero-order chi connectivity index (χ0) is 12.2. The van der Waals surface area contributed by atoms with Crippen LogP contribution >= 0.6 is 11.3 Å². The molecule has 3 aromatic rings. The summed E-state index contributed by atoms with van der Waals surface area (Å²) in [6, 6.07) is 12.5. The van der Waals surface area contributed by atoms with E-state index in [9.17, 15) is 0 Å². The molecule has 0 saturated heterocycles. The standard InChI is InChI=1S/C14H13N3S/c1-3-12(16-10-14-5-2-8-18-14)9-13(4-1)17-7-6-15-11-17/h1-9,11,16H,10H2. The summed E-state index contributed by atoms with van der Waals surface area (Å²) in [6.45, 7) is 0.866. The summed E-state index contributed by atoms with van der Waals surface area (Å²) in [6.07, 6.45) is 5.53. The van der Waals surface area contributed by atoms with Gasteiger partial charge in [0.1, 0.15) is 0 Å². The van der Waals surface area contributed by atoms with Crippen molar-refractivity contribution >= 4 is 17.0 Å². The molecule has 2 aromatic heterocycles. The fraction of sp³-hybridized carbons (Fsp3) is 0.0714. The molecule has 0 bridgehead atoms. The number of benzene rings is 1. The Morgan fingerprint density at radius 2 is 2.22 bits per heavy atom. The lowest BCUT2D eigenvalue weighted by atomic mass is 10.2. The second-order valence-electron chi connectivity index (χ2n) is 3.95. The van der Waals surface area contributed by atoms with E-state index in [1.807, 2.05) is 16.8 Å². The van der Waals surface area contributed by atoms with E-state index in [2.05, 4.69) is 46.0 Å². The Bertz CT molecular complexity index is 600. The van der Waals surface area contributed by atoms with Gasteiger partial charge in [0.05, 0.1) is 6.33 Å². The van der Waals surface area contributed by atoms with E-state index in [1.165, 1.54) is 4.88 Å². The molecule has 0 spiro atoms. The van der Waals surface area contributed by atoms with E-state index >= 15 is 0 Å². The highest BCUT2D eigenvalue weighted by atomic mass is 32.1.